The van der Waals surface area contributed by atoms with E-state index in [0.717, 1.165) is 12.1 Å². The first kappa shape index (κ1) is 13.8. The molecule has 3 aromatic rings. The Bertz CT molecular complexity index is 827. The SMILES string of the molecule is Oc1cccc2c(Cl)nc(-c3cccc(C(F)(F)F)c3)n12. The molecule has 0 fully saturated rings. The summed E-state index contributed by atoms with van der Waals surface area (Å²) in [4.78, 5) is 4.05. The van der Waals surface area contributed by atoms with E-state index in [9.17, 15) is 18.3 Å². The third-order valence-corrected chi connectivity index (χ3v) is 3.32. The van der Waals surface area contributed by atoms with Crippen LogP contribution in [-0.4, -0.2) is 14.5 Å². The van der Waals surface area contributed by atoms with Gasteiger partial charge in [0.25, 0.3) is 0 Å². The van der Waals surface area contributed by atoms with Gasteiger partial charge in [0, 0.05) is 5.56 Å². The number of hydrogen-bond acceptors (Lipinski definition) is 2. The van der Waals surface area contributed by atoms with Crippen LogP contribution in [0.5, 0.6) is 5.88 Å². The summed E-state index contributed by atoms with van der Waals surface area (Å²) in [5.41, 5.74) is -0.152. The fourth-order valence-corrected chi connectivity index (χ4v) is 2.34. The molecule has 108 valence electrons. The standard InChI is InChI=1S/C14H8ClF3N2O/c15-12-10-5-2-6-11(21)20(10)13(19-12)8-3-1-4-9(7-8)14(16,17)18/h1-7,21H. The number of halogens is 4. The number of pyridine rings is 1. The largest absolute Gasteiger partial charge is 0.494 e. The molecule has 0 amide bonds. The van der Waals surface area contributed by atoms with Crippen molar-refractivity contribution < 1.29 is 18.3 Å². The van der Waals surface area contributed by atoms with Gasteiger partial charge in [-0.05, 0) is 24.3 Å². The van der Waals surface area contributed by atoms with Crippen molar-refractivity contribution in [2.75, 3.05) is 0 Å². The number of rotatable bonds is 1. The van der Waals surface area contributed by atoms with E-state index < -0.39 is 11.7 Å². The van der Waals surface area contributed by atoms with Crippen LogP contribution in [0.25, 0.3) is 16.9 Å². The average Bonchev–Trinajstić information content (AvgIpc) is 2.77. The third-order valence-electron chi connectivity index (χ3n) is 3.04. The first-order valence-corrected chi connectivity index (χ1v) is 6.29. The molecule has 0 atom stereocenters. The molecule has 0 aliphatic carbocycles. The van der Waals surface area contributed by atoms with E-state index in [4.69, 9.17) is 11.6 Å². The van der Waals surface area contributed by atoms with Gasteiger partial charge >= 0.3 is 6.18 Å². The Morgan fingerprint density at radius 3 is 2.52 bits per heavy atom. The van der Waals surface area contributed by atoms with Crippen molar-refractivity contribution in [3.8, 4) is 17.3 Å². The van der Waals surface area contributed by atoms with E-state index in [1.807, 2.05) is 0 Å². The highest BCUT2D eigenvalue weighted by molar-refractivity contribution is 6.33. The highest BCUT2D eigenvalue weighted by Gasteiger charge is 2.30. The lowest BCUT2D eigenvalue weighted by atomic mass is 10.1. The van der Waals surface area contributed by atoms with E-state index in [2.05, 4.69) is 4.98 Å². The molecule has 0 bridgehead atoms. The summed E-state index contributed by atoms with van der Waals surface area (Å²) in [6.45, 7) is 0. The predicted octanol–water partition coefficient (Wildman–Crippen LogP) is 4.38. The number of hydrogen-bond donors (Lipinski definition) is 1. The first-order valence-electron chi connectivity index (χ1n) is 5.91. The van der Waals surface area contributed by atoms with E-state index in [1.165, 1.54) is 22.6 Å². The van der Waals surface area contributed by atoms with Gasteiger partial charge in [0.2, 0.25) is 0 Å². The second kappa shape index (κ2) is 4.66. The minimum atomic E-state index is -4.45. The highest BCUT2D eigenvalue weighted by Crippen LogP contribution is 2.34. The molecule has 7 heteroatoms. The molecule has 2 aromatic heterocycles. The maximum Gasteiger partial charge on any atom is 0.416 e. The van der Waals surface area contributed by atoms with E-state index in [1.54, 1.807) is 12.1 Å². The summed E-state index contributed by atoms with van der Waals surface area (Å²) in [7, 11) is 0. The molecule has 0 aliphatic heterocycles. The molecule has 3 nitrogen and oxygen atoms in total. The summed E-state index contributed by atoms with van der Waals surface area (Å²) in [6.07, 6.45) is -4.45. The van der Waals surface area contributed by atoms with Crippen molar-refractivity contribution in [2.45, 2.75) is 6.18 Å². The van der Waals surface area contributed by atoms with Crippen molar-refractivity contribution in [1.82, 2.24) is 9.38 Å². The van der Waals surface area contributed by atoms with Gasteiger partial charge < -0.3 is 5.11 Å². The smallest absolute Gasteiger partial charge is 0.416 e. The van der Waals surface area contributed by atoms with Gasteiger partial charge in [-0.2, -0.15) is 13.2 Å². The van der Waals surface area contributed by atoms with Crippen molar-refractivity contribution in [3.63, 3.8) is 0 Å². The van der Waals surface area contributed by atoms with Crippen LogP contribution in [0.15, 0.2) is 42.5 Å². The van der Waals surface area contributed by atoms with Crippen LogP contribution in [0, 0.1) is 0 Å². The monoisotopic (exact) mass is 312 g/mol. The molecule has 0 saturated carbocycles. The van der Waals surface area contributed by atoms with Gasteiger partial charge in [-0.25, -0.2) is 4.98 Å². The van der Waals surface area contributed by atoms with Crippen LogP contribution in [0.3, 0.4) is 0 Å². The van der Waals surface area contributed by atoms with Gasteiger partial charge in [-0.1, -0.05) is 29.8 Å². The van der Waals surface area contributed by atoms with Crippen LogP contribution in [-0.2, 0) is 6.18 Å². The van der Waals surface area contributed by atoms with Gasteiger partial charge in [0.05, 0.1) is 11.1 Å². The van der Waals surface area contributed by atoms with Crippen LogP contribution >= 0.6 is 11.6 Å². The van der Waals surface area contributed by atoms with Gasteiger partial charge in [0.15, 0.2) is 11.0 Å². The number of nitrogens with zero attached hydrogens (tertiary/aromatic N) is 2. The summed E-state index contributed by atoms with van der Waals surface area (Å²) < 4.78 is 39.6. The molecule has 0 aliphatic rings. The number of alkyl halides is 3. The number of fused-ring (bicyclic) bond motifs is 1. The van der Waals surface area contributed by atoms with Crippen molar-refractivity contribution >= 4 is 17.1 Å². The van der Waals surface area contributed by atoms with Crippen LogP contribution in [0.1, 0.15) is 5.56 Å². The molecule has 2 heterocycles. The summed E-state index contributed by atoms with van der Waals surface area (Å²) in [5.74, 6) is -0.00138. The molecule has 3 rings (SSSR count). The Balaban J connectivity index is 2.27. The number of aromatic hydroxyl groups is 1. The normalized spacial score (nSPS) is 12.0. The molecular formula is C14H8ClF3N2O. The average molecular weight is 313 g/mol. The topological polar surface area (TPSA) is 37.5 Å². The highest BCUT2D eigenvalue weighted by atomic mass is 35.5. The van der Waals surface area contributed by atoms with Crippen molar-refractivity contribution in [3.05, 3.63) is 53.2 Å². The van der Waals surface area contributed by atoms with E-state index in [-0.39, 0.29) is 22.4 Å². The molecule has 1 aromatic carbocycles. The van der Waals surface area contributed by atoms with E-state index in [0.29, 0.717) is 5.52 Å². The fourth-order valence-electron chi connectivity index (χ4n) is 2.11. The summed E-state index contributed by atoms with van der Waals surface area (Å²) in [6, 6.07) is 9.31. The van der Waals surface area contributed by atoms with Crippen LogP contribution < -0.4 is 0 Å². The van der Waals surface area contributed by atoms with Crippen LogP contribution in [0.2, 0.25) is 5.15 Å². The minimum Gasteiger partial charge on any atom is -0.494 e. The van der Waals surface area contributed by atoms with Crippen molar-refractivity contribution in [2.24, 2.45) is 0 Å². The molecule has 21 heavy (non-hydrogen) atoms. The minimum absolute atomic E-state index is 0.110. The maximum absolute atomic E-state index is 12.8. The van der Waals surface area contributed by atoms with E-state index >= 15 is 0 Å². The molecular weight excluding hydrogens is 305 g/mol. The molecule has 0 spiro atoms. The van der Waals surface area contributed by atoms with Gasteiger partial charge in [0.1, 0.15) is 5.82 Å². The lowest BCUT2D eigenvalue weighted by Crippen LogP contribution is -2.04. The lowest BCUT2D eigenvalue weighted by Gasteiger charge is -2.08. The first-order chi connectivity index (χ1) is 9.88. The molecule has 0 radical (unpaired) electrons. The zero-order valence-electron chi connectivity index (χ0n) is 10.4. The Hall–Kier alpha value is -2.21. The quantitative estimate of drug-likeness (QED) is 0.724. The van der Waals surface area contributed by atoms with Gasteiger partial charge in [-0.15, -0.1) is 0 Å². The second-order valence-electron chi connectivity index (χ2n) is 4.41. The second-order valence-corrected chi connectivity index (χ2v) is 4.77. The number of imidazole rings is 1. The third kappa shape index (κ3) is 2.31. The maximum atomic E-state index is 12.8. The summed E-state index contributed by atoms with van der Waals surface area (Å²) in [5, 5.41) is 10.0. The Morgan fingerprint density at radius 1 is 1.10 bits per heavy atom. The zero-order chi connectivity index (χ0) is 15.2. The molecule has 0 saturated heterocycles. The Kier molecular flexibility index (Phi) is 3.06. The number of benzene rings is 1. The lowest BCUT2D eigenvalue weighted by molar-refractivity contribution is -0.137. The number of aromatic nitrogens is 2. The fraction of sp³-hybridized carbons (Fsp3) is 0.0714. The Labute approximate surface area is 122 Å². The predicted molar refractivity (Wildman–Crippen MR) is 72.3 cm³/mol. The van der Waals surface area contributed by atoms with Crippen molar-refractivity contribution in [1.29, 1.82) is 0 Å². The summed E-state index contributed by atoms with van der Waals surface area (Å²) >= 11 is 5.96. The molecule has 1 N–H and O–H groups in total. The van der Waals surface area contributed by atoms with Gasteiger partial charge in [-0.3, -0.25) is 4.40 Å². The Morgan fingerprint density at radius 2 is 1.81 bits per heavy atom. The zero-order valence-corrected chi connectivity index (χ0v) is 11.2. The van der Waals surface area contributed by atoms with Crippen LogP contribution in [0.4, 0.5) is 13.2 Å². The molecule has 0 unspecified atom stereocenters.